The molecular weight excluding hydrogens is 483 g/mol. The largest absolute Gasteiger partial charge is 0.379 e. The number of aliphatic imine (C=N–C) groups is 1. The van der Waals surface area contributed by atoms with Crippen molar-refractivity contribution in [1.82, 2.24) is 3.97 Å². The number of rotatable bonds is 5. The highest BCUT2D eigenvalue weighted by molar-refractivity contribution is 8.13. The molecule has 35 heavy (non-hydrogen) atoms. The SMILES string of the molecule is CC1(c2cc(NC(=O)c3cn(S(=O)c4ccccc4)c4ccccc34)ccc2F)CCSC(N)=N1. The lowest BCUT2D eigenvalue weighted by Crippen LogP contribution is -2.29. The molecule has 6 nitrogen and oxygen atoms in total. The quantitative estimate of drug-likeness (QED) is 0.386. The molecule has 9 heteroatoms. The van der Waals surface area contributed by atoms with Crippen molar-refractivity contribution in [3.05, 3.63) is 95.9 Å². The fourth-order valence-electron chi connectivity index (χ4n) is 4.21. The number of aromatic nitrogens is 1. The Morgan fingerprint density at radius 3 is 2.66 bits per heavy atom. The van der Waals surface area contributed by atoms with E-state index in [0.29, 0.717) is 44.2 Å². The van der Waals surface area contributed by atoms with Crippen molar-refractivity contribution in [1.29, 1.82) is 0 Å². The predicted octanol–water partition coefficient (Wildman–Crippen LogP) is 5.27. The zero-order chi connectivity index (χ0) is 24.6. The Bertz CT molecular complexity index is 1490. The lowest BCUT2D eigenvalue weighted by molar-refractivity contribution is 0.102. The summed E-state index contributed by atoms with van der Waals surface area (Å²) in [6.45, 7) is 1.84. The summed E-state index contributed by atoms with van der Waals surface area (Å²) >= 11 is 1.45. The van der Waals surface area contributed by atoms with Crippen molar-refractivity contribution in [2.45, 2.75) is 23.8 Å². The van der Waals surface area contributed by atoms with Crippen molar-refractivity contribution in [3.63, 3.8) is 0 Å². The monoisotopic (exact) mass is 506 g/mol. The minimum Gasteiger partial charge on any atom is -0.379 e. The first-order valence-corrected chi connectivity index (χ1v) is 13.1. The number of benzene rings is 3. The average Bonchev–Trinajstić information content (AvgIpc) is 3.25. The van der Waals surface area contributed by atoms with Crippen molar-refractivity contribution in [3.8, 4) is 0 Å². The van der Waals surface area contributed by atoms with Crippen LogP contribution < -0.4 is 11.1 Å². The van der Waals surface area contributed by atoms with Gasteiger partial charge in [-0.2, -0.15) is 0 Å². The lowest BCUT2D eigenvalue weighted by Gasteiger charge is -2.30. The van der Waals surface area contributed by atoms with E-state index in [1.54, 1.807) is 28.4 Å². The van der Waals surface area contributed by atoms with Crippen LogP contribution in [0.25, 0.3) is 10.9 Å². The number of amidine groups is 1. The number of thioether (sulfide) groups is 1. The third-order valence-corrected chi connectivity index (χ3v) is 8.18. The maximum Gasteiger partial charge on any atom is 0.257 e. The zero-order valence-electron chi connectivity index (χ0n) is 18.9. The van der Waals surface area contributed by atoms with E-state index in [0.717, 1.165) is 5.75 Å². The Balaban J connectivity index is 1.50. The van der Waals surface area contributed by atoms with E-state index >= 15 is 0 Å². The molecule has 5 rings (SSSR count). The van der Waals surface area contributed by atoms with E-state index in [1.165, 1.54) is 23.9 Å². The number of fused-ring (bicyclic) bond motifs is 1. The van der Waals surface area contributed by atoms with Gasteiger partial charge in [0.15, 0.2) is 16.2 Å². The van der Waals surface area contributed by atoms with Gasteiger partial charge in [0, 0.05) is 28.6 Å². The van der Waals surface area contributed by atoms with Crippen LogP contribution in [-0.4, -0.2) is 25.0 Å². The van der Waals surface area contributed by atoms with Crippen LogP contribution >= 0.6 is 11.8 Å². The summed E-state index contributed by atoms with van der Waals surface area (Å²) in [6.07, 6.45) is 2.23. The van der Waals surface area contributed by atoms with Crippen molar-refractivity contribution < 1.29 is 13.4 Å². The number of hydrogen-bond donors (Lipinski definition) is 2. The van der Waals surface area contributed by atoms with Gasteiger partial charge in [-0.05, 0) is 49.7 Å². The second-order valence-corrected chi connectivity index (χ2v) is 10.9. The van der Waals surface area contributed by atoms with Gasteiger partial charge in [-0.1, -0.05) is 48.2 Å². The van der Waals surface area contributed by atoms with Gasteiger partial charge in [0.1, 0.15) is 5.82 Å². The van der Waals surface area contributed by atoms with Crippen LogP contribution in [-0.2, 0) is 16.5 Å². The van der Waals surface area contributed by atoms with E-state index in [1.807, 2.05) is 49.4 Å². The van der Waals surface area contributed by atoms with Crippen LogP contribution in [0.4, 0.5) is 10.1 Å². The molecule has 178 valence electrons. The van der Waals surface area contributed by atoms with Crippen LogP contribution in [0.1, 0.15) is 29.3 Å². The number of nitrogens with zero attached hydrogens (tertiary/aromatic N) is 2. The Hall–Kier alpha value is -3.43. The molecule has 3 aromatic carbocycles. The molecule has 1 aliphatic rings. The maximum absolute atomic E-state index is 14.8. The van der Waals surface area contributed by atoms with Crippen LogP contribution in [0.5, 0.6) is 0 Å². The minimum atomic E-state index is -1.52. The summed E-state index contributed by atoms with van der Waals surface area (Å²) in [5.74, 6) is -0.0429. The van der Waals surface area contributed by atoms with Gasteiger partial charge in [0.25, 0.3) is 5.91 Å². The van der Waals surface area contributed by atoms with Crippen molar-refractivity contribution >= 4 is 50.4 Å². The summed E-state index contributed by atoms with van der Waals surface area (Å²) in [5.41, 5.74) is 6.98. The Morgan fingerprint density at radius 2 is 1.89 bits per heavy atom. The number of nitrogens with two attached hydrogens (primary N) is 1. The van der Waals surface area contributed by atoms with E-state index in [4.69, 9.17) is 5.73 Å². The molecule has 3 N–H and O–H groups in total. The first-order chi connectivity index (χ1) is 16.9. The smallest absolute Gasteiger partial charge is 0.257 e. The van der Waals surface area contributed by atoms with E-state index < -0.39 is 22.3 Å². The maximum atomic E-state index is 14.8. The zero-order valence-corrected chi connectivity index (χ0v) is 20.5. The van der Waals surface area contributed by atoms with Crippen LogP contribution in [0.3, 0.4) is 0 Å². The van der Waals surface area contributed by atoms with Gasteiger partial charge in [-0.25, -0.2) is 8.60 Å². The molecule has 2 heterocycles. The molecule has 1 aliphatic heterocycles. The van der Waals surface area contributed by atoms with Crippen LogP contribution in [0.15, 0.2) is 88.9 Å². The summed E-state index contributed by atoms with van der Waals surface area (Å²) in [4.78, 5) is 18.4. The third-order valence-electron chi connectivity index (χ3n) is 6.05. The molecule has 0 saturated carbocycles. The molecule has 0 spiro atoms. The predicted molar refractivity (Wildman–Crippen MR) is 141 cm³/mol. The summed E-state index contributed by atoms with van der Waals surface area (Å²) in [5, 5.41) is 3.97. The van der Waals surface area contributed by atoms with E-state index in [2.05, 4.69) is 10.3 Å². The number of halogens is 1. The number of amides is 1. The molecule has 0 saturated heterocycles. The number of anilines is 1. The number of carbonyl (C=O) groups excluding carboxylic acids is 1. The normalized spacial score (nSPS) is 18.7. The molecule has 1 aromatic heterocycles. The highest BCUT2D eigenvalue weighted by Crippen LogP contribution is 2.37. The number of carbonyl (C=O) groups is 1. The summed E-state index contributed by atoms with van der Waals surface area (Å²) in [7, 11) is -1.52. The van der Waals surface area contributed by atoms with Crippen molar-refractivity contribution in [2.75, 3.05) is 11.1 Å². The van der Waals surface area contributed by atoms with Crippen LogP contribution in [0.2, 0.25) is 0 Å². The Labute approximate surface area is 209 Å². The molecule has 1 amide bonds. The second kappa shape index (κ2) is 9.31. The molecule has 0 fully saturated rings. The topological polar surface area (TPSA) is 89.5 Å². The van der Waals surface area contributed by atoms with Crippen LogP contribution in [0, 0.1) is 5.82 Å². The Morgan fingerprint density at radius 1 is 1.14 bits per heavy atom. The van der Waals surface area contributed by atoms with Gasteiger partial charge in [0.05, 0.1) is 21.5 Å². The molecule has 2 unspecified atom stereocenters. The minimum absolute atomic E-state index is 0.373. The van der Waals surface area contributed by atoms with E-state index in [9.17, 15) is 13.4 Å². The summed E-state index contributed by atoms with van der Waals surface area (Å²) < 4.78 is 29.6. The van der Waals surface area contributed by atoms with E-state index in [-0.39, 0.29) is 5.91 Å². The first kappa shape index (κ1) is 23.3. The Kier molecular flexibility index (Phi) is 6.21. The fraction of sp³-hybridized carbons (Fsp3) is 0.154. The fourth-order valence-corrected chi connectivity index (χ4v) is 6.34. The lowest BCUT2D eigenvalue weighted by atomic mass is 9.89. The molecule has 0 aliphatic carbocycles. The molecule has 0 radical (unpaired) electrons. The van der Waals surface area contributed by atoms with Gasteiger partial charge in [0.2, 0.25) is 0 Å². The standard InChI is InChI=1S/C26H23FN4O2S2/c1-26(13-14-34-25(28)30-26)21-15-17(11-12-22(21)27)29-24(32)20-16-31(23-10-6-5-9-19(20)23)35(33)18-7-3-2-4-8-18/h2-12,15-16H,13-14H2,1H3,(H2,28,30)(H,29,32). The van der Waals surface area contributed by atoms with Gasteiger partial charge in [-0.3, -0.25) is 13.8 Å². The first-order valence-electron chi connectivity index (χ1n) is 11.0. The molecular formula is C26H23FN4O2S2. The van der Waals surface area contributed by atoms with Gasteiger partial charge >= 0.3 is 0 Å². The van der Waals surface area contributed by atoms with Gasteiger partial charge in [-0.15, -0.1) is 0 Å². The third kappa shape index (κ3) is 4.49. The molecule has 2 atom stereocenters. The second-order valence-electron chi connectivity index (χ2n) is 8.42. The summed E-state index contributed by atoms with van der Waals surface area (Å²) in [6, 6.07) is 20.8. The highest BCUT2D eigenvalue weighted by Gasteiger charge is 2.32. The average molecular weight is 507 g/mol. The number of para-hydroxylation sites is 1. The molecule has 0 bridgehead atoms. The number of nitrogens with one attached hydrogen (secondary N) is 1. The van der Waals surface area contributed by atoms with Gasteiger partial charge < -0.3 is 11.1 Å². The molecule has 4 aromatic rings. The van der Waals surface area contributed by atoms with Crippen molar-refractivity contribution in [2.24, 2.45) is 10.7 Å². The highest BCUT2D eigenvalue weighted by atomic mass is 32.2. The number of hydrogen-bond acceptors (Lipinski definition) is 5.